The highest BCUT2D eigenvalue weighted by Crippen LogP contribution is 2.11. The monoisotopic (exact) mass is 192 g/mol. The minimum Gasteiger partial charge on any atom is -0.396 e. The number of nitrogens with two attached hydrogens (primary N) is 1. The molecule has 0 radical (unpaired) electrons. The van der Waals surface area contributed by atoms with Crippen molar-refractivity contribution < 1.29 is 5.11 Å². The Kier molecular flexibility index (Phi) is 4.13. The number of hydrogen-bond acceptors (Lipinski definition) is 2. The van der Waals surface area contributed by atoms with Gasteiger partial charge in [0.05, 0.1) is 5.84 Å². The Balaban J connectivity index is 2.60. The van der Waals surface area contributed by atoms with E-state index in [0.29, 0.717) is 6.42 Å². The van der Waals surface area contributed by atoms with Gasteiger partial charge in [0.25, 0.3) is 0 Å². The highest BCUT2D eigenvalue weighted by molar-refractivity contribution is 5.79. The number of benzene rings is 1. The standard InChI is InChI=1S/C11H16N2O/c12-11(13)10(6-7-14)8-9-4-2-1-3-5-9/h1-5,10,14H,6-8H2,(H3,12,13). The summed E-state index contributed by atoms with van der Waals surface area (Å²) in [4.78, 5) is 0. The van der Waals surface area contributed by atoms with Crippen molar-refractivity contribution in [3.8, 4) is 0 Å². The molecule has 0 amide bonds. The third kappa shape index (κ3) is 3.18. The van der Waals surface area contributed by atoms with Crippen LogP contribution in [0.5, 0.6) is 0 Å². The van der Waals surface area contributed by atoms with Gasteiger partial charge < -0.3 is 10.8 Å². The minimum atomic E-state index is -0.0394. The van der Waals surface area contributed by atoms with Crippen LogP contribution in [0.3, 0.4) is 0 Å². The van der Waals surface area contributed by atoms with Gasteiger partial charge in [0.1, 0.15) is 0 Å². The summed E-state index contributed by atoms with van der Waals surface area (Å²) in [7, 11) is 0. The molecule has 0 aliphatic rings. The molecule has 0 aliphatic heterocycles. The summed E-state index contributed by atoms with van der Waals surface area (Å²) >= 11 is 0. The third-order valence-electron chi connectivity index (χ3n) is 2.24. The van der Waals surface area contributed by atoms with E-state index in [9.17, 15) is 0 Å². The molecule has 0 aromatic heterocycles. The molecule has 1 aromatic rings. The molecule has 0 saturated carbocycles. The topological polar surface area (TPSA) is 70.1 Å². The third-order valence-corrected chi connectivity index (χ3v) is 2.24. The smallest absolute Gasteiger partial charge is 0.0941 e. The summed E-state index contributed by atoms with van der Waals surface area (Å²) in [6.07, 6.45) is 1.29. The SMILES string of the molecule is N=C(N)C(CCO)Cc1ccccc1. The van der Waals surface area contributed by atoms with Crippen LogP contribution in [0.25, 0.3) is 0 Å². The van der Waals surface area contributed by atoms with Gasteiger partial charge in [-0.05, 0) is 18.4 Å². The van der Waals surface area contributed by atoms with Crippen LogP contribution in [0.4, 0.5) is 0 Å². The Bertz CT molecular complexity index is 285. The summed E-state index contributed by atoms with van der Waals surface area (Å²) in [5.74, 6) is 0.116. The van der Waals surface area contributed by atoms with Crippen molar-refractivity contribution >= 4 is 5.84 Å². The Hall–Kier alpha value is -1.35. The fourth-order valence-electron chi connectivity index (χ4n) is 1.42. The first-order valence-electron chi connectivity index (χ1n) is 4.72. The van der Waals surface area contributed by atoms with Crippen LogP contribution in [-0.2, 0) is 6.42 Å². The van der Waals surface area contributed by atoms with E-state index in [0.717, 1.165) is 12.0 Å². The van der Waals surface area contributed by atoms with Crippen molar-refractivity contribution in [2.75, 3.05) is 6.61 Å². The molecule has 1 unspecified atom stereocenters. The van der Waals surface area contributed by atoms with Gasteiger partial charge in [0.2, 0.25) is 0 Å². The maximum atomic E-state index is 8.81. The van der Waals surface area contributed by atoms with Crippen LogP contribution in [0, 0.1) is 11.3 Å². The van der Waals surface area contributed by atoms with E-state index in [1.54, 1.807) is 0 Å². The van der Waals surface area contributed by atoms with Crippen LogP contribution >= 0.6 is 0 Å². The lowest BCUT2D eigenvalue weighted by Gasteiger charge is -2.13. The van der Waals surface area contributed by atoms with Crippen LogP contribution < -0.4 is 5.73 Å². The van der Waals surface area contributed by atoms with E-state index in [2.05, 4.69) is 0 Å². The van der Waals surface area contributed by atoms with E-state index >= 15 is 0 Å². The maximum absolute atomic E-state index is 8.81. The molecular weight excluding hydrogens is 176 g/mol. The predicted octanol–water partition coefficient (Wildman–Crippen LogP) is 1.16. The van der Waals surface area contributed by atoms with Gasteiger partial charge in [-0.2, -0.15) is 0 Å². The van der Waals surface area contributed by atoms with Crippen molar-refractivity contribution in [2.45, 2.75) is 12.8 Å². The molecule has 3 heteroatoms. The molecule has 0 heterocycles. The number of rotatable bonds is 5. The number of hydrogen-bond donors (Lipinski definition) is 3. The molecule has 0 bridgehead atoms. The van der Waals surface area contributed by atoms with Crippen LogP contribution in [-0.4, -0.2) is 17.5 Å². The van der Waals surface area contributed by atoms with Crippen molar-refractivity contribution in [1.82, 2.24) is 0 Å². The minimum absolute atomic E-state index is 0.0394. The maximum Gasteiger partial charge on any atom is 0.0941 e. The first-order chi connectivity index (χ1) is 6.74. The van der Waals surface area contributed by atoms with Gasteiger partial charge in [-0.25, -0.2) is 0 Å². The number of aliphatic hydroxyl groups excluding tert-OH is 1. The number of amidine groups is 1. The molecule has 4 N–H and O–H groups in total. The normalized spacial score (nSPS) is 12.4. The van der Waals surface area contributed by atoms with Crippen molar-refractivity contribution in [2.24, 2.45) is 11.7 Å². The zero-order valence-electron chi connectivity index (χ0n) is 8.11. The molecule has 1 atom stereocenters. The van der Waals surface area contributed by atoms with Crippen molar-refractivity contribution in [3.05, 3.63) is 35.9 Å². The van der Waals surface area contributed by atoms with Gasteiger partial charge in [0, 0.05) is 12.5 Å². The van der Waals surface area contributed by atoms with Gasteiger partial charge in [-0.15, -0.1) is 0 Å². The van der Waals surface area contributed by atoms with E-state index in [-0.39, 0.29) is 18.4 Å². The summed E-state index contributed by atoms with van der Waals surface area (Å²) in [6.45, 7) is 0.0804. The average Bonchev–Trinajstić information content (AvgIpc) is 2.18. The fraction of sp³-hybridized carbons (Fsp3) is 0.364. The molecule has 0 fully saturated rings. The van der Waals surface area contributed by atoms with E-state index in [1.165, 1.54) is 0 Å². The zero-order valence-corrected chi connectivity index (χ0v) is 8.11. The van der Waals surface area contributed by atoms with E-state index < -0.39 is 0 Å². The van der Waals surface area contributed by atoms with E-state index in [4.69, 9.17) is 16.2 Å². The molecule has 1 rings (SSSR count). The molecule has 3 nitrogen and oxygen atoms in total. The first-order valence-corrected chi connectivity index (χ1v) is 4.72. The second-order valence-electron chi connectivity index (χ2n) is 3.35. The fourth-order valence-corrected chi connectivity index (χ4v) is 1.42. The quantitative estimate of drug-likeness (QED) is 0.484. The predicted molar refractivity (Wildman–Crippen MR) is 57.3 cm³/mol. The molecule has 0 saturated heterocycles. The van der Waals surface area contributed by atoms with Gasteiger partial charge >= 0.3 is 0 Å². The van der Waals surface area contributed by atoms with Crippen LogP contribution in [0.1, 0.15) is 12.0 Å². The summed E-state index contributed by atoms with van der Waals surface area (Å²) in [5.41, 5.74) is 6.60. The second kappa shape index (κ2) is 5.40. The molecule has 14 heavy (non-hydrogen) atoms. The van der Waals surface area contributed by atoms with Gasteiger partial charge in [0.15, 0.2) is 0 Å². The Labute approximate surface area is 84.1 Å². The van der Waals surface area contributed by atoms with Crippen LogP contribution in [0.15, 0.2) is 30.3 Å². The summed E-state index contributed by atoms with van der Waals surface area (Å²) in [6, 6.07) is 9.90. The Morgan fingerprint density at radius 3 is 2.50 bits per heavy atom. The lowest BCUT2D eigenvalue weighted by atomic mass is 9.96. The van der Waals surface area contributed by atoms with Gasteiger partial charge in [-0.1, -0.05) is 30.3 Å². The molecule has 0 aliphatic carbocycles. The molecule has 1 aromatic carbocycles. The lowest BCUT2D eigenvalue weighted by molar-refractivity contribution is 0.273. The van der Waals surface area contributed by atoms with Crippen molar-refractivity contribution in [1.29, 1.82) is 5.41 Å². The highest BCUT2D eigenvalue weighted by Gasteiger charge is 2.11. The lowest BCUT2D eigenvalue weighted by Crippen LogP contribution is -2.25. The molecular formula is C11H16N2O. The Morgan fingerprint density at radius 1 is 1.36 bits per heavy atom. The molecule has 0 spiro atoms. The molecule has 76 valence electrons. The Morgan fingerprint density at radius 2 is 2.00 bits per heavy atom. The largest absolute Gasteiger partial charge is 0.396 e. The summed E-state index contributed by atoms with van der Waals surface area (Å²) in [5, 5.41) is 16.2. The average molecular weight is 192 g/mol. The zero-order chi connectivity index (χ0) is 10.4. The first kappa shape index (κ1) is 10.7. The number of aliphatic hydroxyl groups is 1. The van der Waals surface area contributed by atoms with Crippen LogP contribution in [0.2, 0.25) is 0 Å². The van der Waals surface area contributed by atoms with E-state index in [1.807, 2.05) is 30.3 Å². The highest BCUT2D eigenvalue weighted by atomic mass is 16.3. The number of nitrogens with one attached hydrogen (secondary N) is 1. The van der Waals surface area contributed by atoms with Gasteiger partial charge in [-0.3, -0.25) is 5.41 Å². The summed E-state index contributed by atoms with van der Waals surface area (Å²) < 4.78 is 0. The van der Waals surface area contributed by atoms with Crippen molar-refractivity contribution in [3.63, 3.8) is 0 Å². The second-order valence-corrected chi connectivity index (χ2v) is 3.35.